The van der Waals surface area contributed by atoms with Gasteiger partial charge in [0.15, 0.2) is 0 Å². The topological polar surface area (TPSA) is 109 Å². The highest BCUT2D eigenvalue weighted by Gasteiger charge is 2.34. The summed E-state index contributed by atoms with van der Waals surface area (Å²) in [6.07, 6.45) is -4.74. The lowest BCUT2D eigenvalue weighted by atomic mass is 10.1. The summed E-state index contributed by atoms with van der Waals surface area (Å²) < 4.78 is 39.1. The minimum absolute atomic E-state index is 0.0134. The predicted molar refractivity (Wildman–Crippen MR) is 80.1 cm³/mol. The molecule has 25 heavy (non-hydrogen) atoms. The Morgan fingerprint density at radius 1 is 1.04 bits per heavy atom. The zero-order chi connectivity index (χ0) is 18.6. The molecule has 0 spiro atoms. The minimum Gasteiger partial charge on any atom is -0.508 e. The standard InChI is InChI=1S/C16H9F3N4O2/c17-16(18,19)13-5-9(7-20)1-2-14(13)22-23-15(25)11-3-10(8-21)4-12(24)6-11/h1-6,22,24H,(H,23,25). The van der Waals surface area contributed by atoms with Crippen molar-refractivity contribution in [1.29, 1.82) is 10.5 Å². The van der Waals surface area contributed by atoms with E-state index < -0.39 is 23.3 Å². The SMILES string of the molecule is N#Cc1cc(O)cc(C(=O)NNc2ccc(C#N)cc2C(F)(F)F)c1. The quantitative estimate of drug-likeness (QED) is 0.741. The second kappa shape index (κ2) is 6.81. The number of anilines is 1. The van der Waals surface area contributed by atoms with Crippen molar-refractivity contribution < 1.29 is 23.1 Å². The van der Waals surface area contributed by atoms with E-state index in [1.807, 2.05) is 0 Å². The lowest BCUT2D eigenvalue weighted by molar-refractivity contribution is -0.137. The lowest BCUT2D eigenvalue weighted by Gasteiger charge is -2.15. The number of hydrazine groups is 1. The van der Waals surface area contributed by atoms with Gasteiger partial charge in [-0.3, -0.25) is 15.6 Å². The highest BCUT2D eigenvalue weighted by Crippen LogP contribution is 2.35. The van der Waals surface area contributed by atoms with E-state index in [1.165, 1.54) is 6.07 Å². The van der Waals surface area contributed by atoms with Gasteiger partial charge in [0.05, 0.1) is 34.5 Å². The molecule has 0 heterocycles. The van der Waals surface area contributed by atoms with Crippen LogP contribution in [0.15, 0.2) is 36.4 Å². The molecule has 0 aliphatic carbocycles. The Morgan fingerprint density at radius 2 is 1.72 bits per heavy atom. The smallest absolute Gasteiger partial charge is 0.418 e. The van der Waals surface area contributed by atoms with Crippen molar-refractivity contribution in [3.8, 4) is 17.9 Å². The first-order valence-electron chi connectivity index (χ1n) is 6.66. The van der Waals surface area contributed by atoms with Crippen molar-refractivity contribution in [2.75, 3.05) is 5.43 Å². The Kier molecular flexibility index (Phi) is 4.80. The van der Waals surface area contributed by atoms with Gasteiger partial charge in [-0.1, -0.05) is 0 Å². The molecule has 0 unspecified atom stereocenters. The zero-order valence-corrected chi connectivity index (χ0v) is 12.3. The third kappa shape index (κ3) is 4.18. The summed E-state index contributed by atoms with van der Waals surface area (Å²) in [5.41, 5.74) is 2.31. The van der Waals surface area contributed by atoms with Crippen LogP contribution in [0.1, 0.15) is 27.0 Å². The van der Waals surface area contributed by atoms with Gasteiger partial charge in [0.2, 0.25) is 0 Å². The normalized spacial score (nSPS) is 10.4. The van der Waals surface area contributed by atoms with Gasteiger partial charge in [0.1, 0.15) is 5.75 Å². The number of hydrogen-bond donors (Lipinski definition) is 3. The van der Waals surface area contributed by atoms with E-state index in [4.69, 9.17) is 10.5 Å². The number of aromatic hydroxyl groups is 1. The number of phenols is 1. The average molecular weight is 346 g/mol. The number of nitriles is 2. The summed E-state index contributed by atoms with van der Waals surface area (Å²) in [4.78, 5) is 12.0. The van der Waals surface area contributed by atoms with Gasteiger partial charge in [-0.2, -0.15) is 23.7 Å². The van der Waals surface area contributed by atoms with E-state index in [-0.39, 0.29) is 22.4 Å². The lowest BCUT2D eigenvalue weighted by Crippen LogP contribution is -2.30. The minimum atomic E-state index is -4.74. The molecule has 0 saturated carbocycles. The van der Waals surface area contributed by atoms with Crippen molar-refractivity contribution >= 4 is 11.6 Å². The van der Waals surface area contributed by atoms with Crippen LogP contribution in [-0.2, 0) is 6.18 Å². The summed E-state index contributed by atoms with van der Waals surface area (Å²) in [6.45, 7) is 0. The highest BCUT2D eigenvalue weighted by atomic mass is 19.4. The summed E-state index contributed by atoms with van der Waals surface area (Å²) in [5, 5.41) is 26.9. The maximum absolute atomic E-state index is 13.0. The molecule has 126 valence electrons. The molecule has 9 heteroatoms. The molecule has 2 rings (SSSR count). The fraction of sp³-hybridized carbons (Fsp3) is 0.0625. The molecule has 6 nitrogen and oxygen atoms in total. The van der Waals surface area contributed by atoms with Crippen molar-refractivity contribution in [1.82, 2.24) is 5.43 Å². The Morgan fingerprint density at radius 3 is 2.32 bits per heavy atom. The van der Waals surface area contributed by atoms with Gasteiger partial charge in [-0.05, 0) is 36.4 Å². The number of halogens is 3. The first-order valence-corrected chi connectivity index (χ1v) is 6.66. The average Bonchev–Trinajstić information content (AvgIpc) is 2.58. The van der Waals surface area contributed by atoms with Gasteiger partial charge in [-0.15, -0.1) is 0 Å². The maximum atomic E-state index is 13.0. The molecule has 2 aromatic carbocycles. The number of hydrogen-bond acceptors (Lipinski definition) is 5. The molecule has 0 atom stereocenters. The third-order valence-electron chi connectivity index (χ3n) is 3.07. The van der Waals surface area contributed by atoms with Crippen LogP contribution in [0.2, 0.25) is 0 Å². The molecule has 0 radical (unpaired) electrons. The van der Waals surface area contributed by atoms with Crippen LogP contribution in [0.25, 0.3) is 0 Å². The summed E-state index contributed by atoms with van der Waals surface area (Å²) in [6, 6.07) is 9.51. The van der Waals surface area contributed by atoms with Crippen LogP contribution >= 0.6 is 0 Å². The highest BCUT2D eigenvalue weighted by molar-refractivity contribution is 5.95. The Labute approximate surface area is 139 Å². The van der Waals surface area contributed by atoms with Crippen molar-refractivity contribution in [3.63, 3.8) is 0 Å². The number of carbonyl (C=O) groups excluding carboxylic acids is 1. The first kappa shape index (κ1) is 17.6. The largest absolute Gasteiger partial charge is 0.508 e. The Hall–Kier alpha value is -3.72. The van der Waals surface area contributed by atoms with E-state index in [1.54, 1.807) is 12.1 Å². The van der Waals surface area contributed by atoms with Crippen LogP contribution in [0.3, 0.4) is 0 Å². The summed E-state index contributed by atoms with van der Waals surface area (Å²) in [7, 11) is 0. The number of nitrogens with one attached hydrogen (secondary N) is 2. The fourth-order valence-corrected chi connectivity index (χ4v) is 1.96. The molecule has 0 bridgehead atoms. The number of rotatable bonds is 3. The van der Waals surface area contributed by atoms with Gasteiger partial charge >= 0.3 is 6.18 Å². The van der Waals surface area contributed by atoms with Crippen LogP contribution in [0.5, 0.6) is 5.75 Å². The van der Waals surface area contributed by atoms with Crippen LogP contribution in [-0.4, -0.2) is 11.0 Å². The van der Waals surface area contributed by atoms with E-state index in [0.717, 1.165) is 24.3 Å². The second-order valence-electron chi connectivity index (χ2n) is 4.83. The second-order valence-corrected chi connectivity index (χ2v) is 4.83. The molecule has 0 aliphatic heterocycles. The van der Waals surface area contributed by atoms with E-state index in [0.29, 0.717) is 6.07 Å². The van der Waals surface area contributed by atoms with E-state index in [9.17, 15) is 23.1 Å². The van der Waals surface area contributed by atoms with Crippen molar-refractivity contribution in [2.24, 2.45) is 0 Å². The number of alkyl halides is 3. The Balaban J connectivity index is 2.25. The van der Waals surface area contributed by atoms with Gasteiger partial charge in [0.25, 0.3) is 5.91 Å². The summed E-state index contributed by atoms with van der Waals surface area (Å²) in [5.74, 6) is -1.19. The molecule has 0 saturated heterocycles. The van der Waals surface area contributed by atoms with Crippen LogP contribution in [0.4, 0.5) is 18.9 Å². The molecular formula is C16H9F3N4O2. The van der Waals surface area contributed by atoms with E-state index >= 15 is 0 Å². The van der Waals surface area contributed by atoms with Gasteiger partial charge in [-0.25, -0.2) is 0 Å². The molecule has 0 fully saturated rings. The third-order valence-corrected chi connectivity index (χ3v) is 3.07. The molecule has 1 amide bonds. The number of phenolic OH excluding ortho intramolecular Hbond substituents is 1. The molecular weight excluding hydrogens is 337 g/mol. The number of nitrogens with zero attached hydrogens (tertiary/aromatic N) is 2. The number of benzene rings is 2. The fourth-order valence-electron chi connectivity index (χ4n) is 1.96. The molecule has 0 aliphatic rings. The summed E-state index contributed by atoms with van der Waals surface area (Å²) >= 11 is 0. The van der Waals surface area contributed by atoms with Crippen molar-refractivity contribution in [3.05, 3.63) is 58.7 Å². The number of carbonyl (C=O) groups is 1. The first-order chi connectivity index (χ1) is 11.7. The van der Waals surface area contributed by atoms with Gasteiger partial charge < -0.3 is 5.11 Å². The van der Waals surface area contributed by atoms with Crippen LogP contribution in [0, 0.1) is 22.7 Å². The zero-order valence-electron chi connectivity index (χ0n) is 12.3. The predicted octanol–water partition coefficient (Wildman–Crippen LogP) is 2.91. The molecule has 0 aromatic heterocycles. The molecule has 3 N–H and O–H groups in total. The van der Waals surface area contributed by atoms with E-state index in [2.05, 4.69) is 10.9 Å². The van der Waals surface area contributed by atoms with Crippen LogP contribution < -0.4 is 10.9 Å². The maximum Gasteiger partial charge on any atom is 0.418 e. The Bertz CT molecular complexity index is 911. The number of amides is 1. The van der Waals surface area contributed by atoms with Gasteiger partial charge in [0, 0.05) is 5.56 Å². The monoisotopic (exact) mass is 346 g/mol. The van der Waals surface area contributed by atoms with Crippen molar-refractivity contribution in [2.45, 2.75) is 6.18 Å². The molecule has 2 aromatic rings.